The van der Waals surface area contributed by atoms with Crippen molar-refractivity contribution in [1.82, 2.24) is 24.4 Å². The van der Waals surface area contributed by atoms with Crippen molar-refractivity contribution in [3.05, 3.63) is 36.2 Å². The van der Waals surface area contributed by atoms with Crippen LogP contribution in [0.2, 0.25) is 0 Å². The van der Waals surface area contributed by atoms with Crippen LogP contribution in [0.3, 0.4) is 0 Å². The van der Waals surface area contributed by atoms with E-state index in [1.807, 2.05) is 6.33 Å². The molecule has 2 aliphatic rings. The number of nitrogens with one attached hydrogen (secondary N) is 1. The van der Waals surface area contributed by atoms with Crippen LogP contribution in [0.4, 0.5) is 17.5 Å². The van der Waals surface area contributed by atoms with Crippen LogP contribution in [-0.2, 0) is 6.54 Å². The highest BCUT2D eigenvalue weighted by atomic mass is 15.3. The highest BCUT2D eigenvalue weighted by Crippen LogP contribution is 2.28. The van der Waals surface area contributed by atoms with Gasteiger partial charge in [-0.05, 0) is 58.3 Å². The molecule has 4 heterocycles. The fourth-order valence-electron chi connectivity index (χ4n) is 5.08. The highest BCUT2D eigenvalue weighted by Gasteiger charge is 2.22. The Morgan fingerprint density at radius 3 is 2.60 bits per heavy atom. The molecule has 0 saturated carbocycles. The number of rotatable bonds is 6. The molecular weight excluding hydrogens is 438 g/mol. The van der Waals surface area contributed by atoms with Crippen LogP contribution < -0.4 is 20.9 Å². The van der Waals surface area contributed by atoms with Gasteiger partial charge in [0.25, 0.3) is 0 Å². The van der Waals surface area contributed by atoms with Gasteiger partial charge in [-0.1, -0.05) is 18.2 Å². The Morgan fingerprint density at radius 2 is 1.80 bits per heavy atom. The van der Waals surface area contributed by atoms with E-state index in [2.05, 4.69) is 69.7 Å². The minimum absolute atomic E-state index is 0.268. The number of anilines is 3. The normalized spacial score (nSPS) is 18.4. The van der Waals surface area contributed by atoms with Crippen LogP contribution in [0.25, 0.3) is 11.2 Å². The first-order chi connectivity index (χ1) is 17.0. The Balaban J connectivity index is 1.43. The molecule has 0 radical (unpaired) electrons. The third-order valence-electron chi connectivity index (χ3n) is 7.29. The lowest BCUT2D eigenvalue weighted by Gasteiger charge is -2.30. The minimum Gasteiger partial charge on any atom is -0.370 e. The number of hydrogen-bond donors (Lipinski definition) is 2. The zero-order valence-corrected chi connectivity index (χ0v) is 21.3. The van der Waals surface area contributed by atoms with Gasteiger partial charge in [0.2, 0.25) is 5.95 Å². The summed E-state index contributed by atoms with van der Waals surface area (Å²) >= 11 is 0. The molecule has 0 spiro atoms. The molecule has 3 N–H and O–H groups in total. The second-order valence-electron chi connectivity index (χ2n) is 10.2. The van der Waals surface area contributed by atoms with Gasteiger partial charge in [-0.15, -0.1) is 0 Å². The number of benzene rings is 1. The topological polar surface area (TPSA) is 91.4 Å². The number of nitrogens with zero attached hydrogens (tertiary/aromatic N) is 7. The maximum absolute atomic E-state index is 6.15. The average molecular weight is 478 g/mol. The number of nitrogens with two attached hydrogens (primary N) is 1. The van der Waals surface area contributed by atoms with Crippen LogP contribution in [0.15, 0.2) is 30.6 Å². The Kier molecular flexibility index (Phi) is 7.06. The van der Waals surface area contributed by atoms with Gasteiger partial charge in [-0.3, -0.25) is 0 Å². The predicted octanol–water partition coefficient (Wildman–Crippen LogP) is 3.09. The van der Waals surface area contributed by atoms with Crippen molar-refractivity contribution in [2.24, 2.45) is 5.73 Å². The quantitative estimate of drug-likeness (QED) is 0.560. The van der Waals surface area contributed by atoms with E-state index in [9.17, 15) is 0 Å². The standard InChI is InChI=1S/C26H39N9/c1-19(2)35-18-29-23-24(30-26(31-25(23)35)34-13-9-21(27)10-14-34)28-17-20-7-4-5-8-22(20)33-12-6-11-32(3)15-16-33/h4-5,7-8,18-19,21H,6,9-17,27H2,1-3H3,(H,28,30,31). The minimum atomic E-state index is 0.268. The van der Waals surface area contributed by atoms with Crippen molar-refractivity contribution in [3.63, 3.8) is 0 Å². The average Bonchev–Trinajstić information content (AvgIpc) is 3.18. The monoisotopic (exact) mass is 477 g/mol. The molecule has 35 heavy (non-hydrogen) atoms. The summed E-state index contributed by atoms with van der Waals surface area (Å²) < 4.78 is 2.13. The second-order valence-corrected chi connectivity index (χ2v) is 10.2. The van der Waals surface area contributed by atoms with E-state index in [1.54, 1.807) is 0 Å². The number of fused-ring (bicyclic) bond motifs is 1. The van der Waals surface area contributed by atoms with Crippen molar-refractivity contribution in [2.75, 3.05) is 61.4 Å². The Hall–Kier alpha value is -2.91. The first-order valence-corrected chi connectivity index (χ1v) is 13.0. The molecule has 9 nitrogen and oxygen atoms in total. The molecule has 5 rings (SSSR count). The predicted molar refractivity (Wildman–Crippen MR) is 143 cm³/mol. The summed E-state index contributed by atoms with van der Waals surface area (Å²) in [6, 6.07) is 9.26. The third kappa shape index (κ3) is 5.21. The smallest absolute Gasteiger partial charge is 0.229 e. The summed E-state index contributed by atoms with van der Waals surface area (Å²) in [5, 5.41) is 3.63. The fraction of sp³-hybridized carbons (Fsp3) is 0.577. The molecule has 188 valence electrons. The number of piperidine rings is 1. The number of likely N-dealkylation sites (N-methyl/N-ethyl adjacent to an activating group) is 1. The van der Waals surface area contributed by atoms with Gasteiger partial charge in [0.1, 0.15) is 0 Å². The molecule has 2 aliphatic heterocycles. The maximum atomic E-state index is 6.15. The zero-order chi connectivity index (χ0) is 24.4. The van der Waals surface area contributed by atoms with Gasteiger partial charge in [-0.25, -0.2) is 4.98 Å². The first kappa shape index (κ1) is 23.8. The Bertz CT molecular complexity index is 1130. The Labute approximate surface area is 208 Å². The molecule has 0 atom stereocenters. The van der Waals surface area contributed by atoms with E-state index in [1.165, 1.54) is 17.7 Å². The van der Waals surface area contributed by atoms with E-state index < -0.39 is 0 Å². The SMILES string of the molecule is CC(C)n1cnc2c(NCc3ccccc3N3CCCN(C)CC3)nc(N3CCC(N)CC3)nc21. The van der Waals surface area contributed by atoms with Crippen LogP contribution in [0, 0.1) is 0 Å². The van der Waals surface area contributed by atoms with Gasteiger partial charge in [-0.2, -0.15) is 9.97 Å². The van der Waals surface area contributed by atoms with Crippen molar-refractivity contribution < 1.29 is 0 Å². The van der Waals surface area contributed by atoms with Gasteiger partial charge < -0.3 is 30.3 Å². The molecule has 9 heteroatoms. The van der Waals surface area contributed by atoms with E-state index in [0.717, 1.165) is 75.0 Å². The lowest BCUT2D eigenvalue weighted by Crippen LogP contribution is -2.40. The van der Waals surface area contributed by atoms with Crippen molar-refractivity contribution in [1.29, 1.82) is 0 Å². The van der Waals surface area contributed by atoms with Gasteiger partial charge in [0, 0.05) is 57.0 Å². The molecular formula is C26H39N9. The maximum Gasteiger partial charge on any atom is 0.229 e. The molecule has 1 aromatic carbocycles. The number of imidazole rings is 1. The lowest BCUT2D eigenvalue weighted by molar-refractivity contribution is 0.360. The summed E-state index contributed by atoms with van der Waals surface area (Å²) in [5.74, 6) is 1.56. The first-order valence-electron chi connectivity index (χ1n) is 13.0. The molecule has 0 bridgehead atoms. The molecule has 0 unspecified atom stereocenters. The Morgan fingerprint density at radius 1 is 1.00 bits per heavy atom. The largest absolute Gasteiger partial charge is 0.370 e. The fourth-order valence-corrected chi connectivity index (χ4v) is 5.08. The molecule has 2 aromatic heterocycles. The van der Waals surface area contributed by atoms with Gasteiger partial charge in [0.05, 0.1) is 6.33 Å². The number of hydrogen-bond acceptors (Lipinski definition) is 8. The summed E-state index contributed by atoms with van der Waals surface area (Å²) in [6.07, 6.45) is 4.99. The van der Waals surface area contributed by atoms with Crippen LogP contribution >= 0.6 is 0 Å². The molecule has 3 aromatic rings. The summed E-state index contributed by atoms with van der Waals surface area (Å²) in [6.45, 7) is 11.1. The third-order valence-corrected chi connectivity index (χ3v) is 7.29. The number of aromatic nitrogens is 4. The van der Waals surface area contributed by atoms with Gasteiger partial charge in [0.15, 0.2) is 17.0 Å². The van der Waals surface area contributed by atoms with Crippen LogP contribution in [0.5, 0.6) is 0 Å². The molecule has 0 aliphatic carbocycles. The van der Waals surface area contributed by atoms with Crippen LogP contribution in [0.1, 0.15) is 44.7 Å². The summed E-state index contributed by atoms with van der Waals surface area (Å²) in [4.78, 5) is 21.8. The number of para-hydroxylation sites is 1. The van der Waals surface area contributed by atoms with E-state index in [-0.39, 0.29) is 12.1 Å². The van der Waals surface area contributed by atoms with E-state index in [4.69, 9.17) is 20.7 Å². The van der Waals surface area contributed by atoms with E-state index >= 15 is 0 Å². The summed E-state index contributed by atoms with van der Waals surface area (Å²) in [7, 11) is 2.21. The zero-order valence-electron chi connectivity index (χ0n) is 21.3. The van der Waals surface area contributed by atoms with Gasteiger partial charge >= 0.3 is 0 Å². The van der Waals surface area contributed by atoms with E-state index in [0.29, 0.717) is 6.54 Å². The van der Waals surface area contributed by atoms with Crippen molar-refractivity contribution in [3.8, 4) is 0 Å². The lowest BCUT2D eigenvalue weighted by atomic mass is 10.1. The van der Waals surface area contributed by atoms with Crippen LogP contribution in [-0.4, -0.2) is 76.8 Å². The van der Waals surface area contributed by atoms with Crippen molar-refractivity contribution in [2.45, 2.75) is 51.7 Å². The molecule has 0 amide bonds. The second kappa shape index (κ2) is 10.4. The molecule has 2 saturated heterocycles. The van der Waals surface area contributed by atoms with Crippen molar-refractivity contribution >= 4 is 28.6 Å². The molecule has 2 fully saturated rings. The summed E-state index contributed by atoms with van der Waals surface area (Å²) in [5.41, 5.74) is 10.4. The highest BCUT2D eigenvalue weighted by molar-refractivity contribution is 5.84.